The Labute approximate surface area is 112 Å². The fraction of sp³-hybridized carbons (Fsp3) is 0.933. The molecule has 1 unspecified atom stereocenters. The van der Waals surface area contributed by atoms with Crippen molar-refractivity contribution < 1.29 is 4.79 Å². The Morgan fingerprint density at radius 3 is 2.17 bits per heavy atom. The van der Waals surface area contributed by atoms with Gasteiger partial charge >= 0.3 is 0 Å². The van der Waals surface area contributed by atoms with Gasteiger partial charge in [0.15, 0.2) is 0 Å². The minimum atomic E-state index is -0.397. The van der Waals surface area contributed by atoms with Crippen LogP contribution in [0.2, 0.25) is 0 Å². The minimum Gasteiger partial charge on any atom is -0.341 e. The lowest BCUT2D eigenvalue weighted by atomic mass is 9.82. The van der Waals surface area contributed by atoms with Crippen molar-refractivity contribution in [3.8, 4) is 0 Å². The van der Waals surface area contributed by atoms with E-state index in [2.05, 4.69) is 6.92 Å². The second kappa shape index (κ2) is 6.05. The molecular formula is C15H30N2O. The zero-order chi connectivity index (χ0) is 13.9. The molecule has 1 aliphatic rings. The standard InChI is InChI=1S/C15H30N2O/c1-6-11-7-9-12(10-8-11)17(5)14(18)13(16)15(2,3)4/h11-13H,6-10,16H2,1-5H3. The summed E-state index contributed by atoms with van der Waals surface area (Å²) < 4.78 is 0. The molecule has 2 N–H and O–H groups in total. The number of hydrogen-bond donors (Lipinski definition) is 1. The van der Waals surface area contributed by atoms with Gasteiger partial charge < -0.3 is 10.6 Å². The van der Waals surface area contributed by atoms with Crippen LogP contribution in [0.15, 0.2) is 0 Å². The summed E-state index contributed by atoms with van der Waals surface area (Å²) in [5.41, 5.74) is 5.90. The maximum atomic E-state index is 12.3. The molecule has 106 valence electrons. The van der Waals surface area contributed by atoms with Crippen LogP contribution in [0.25, 0.3) is 0 Å². The number of nitrogens with zero attached hydrogens (tertiary/aromatic N) is 1. The Balaban J connectivity index is 2.55. The molecule has 0 aliphatic heterocycles. The predicted molar refractivity (Wildman–Crippen MR) is 76.2 cm³/mol. The van der Waals surface area contributed by atoms with Gasteiger partial charge in [0.2, 0.25) is 5.91 Å². The third-order valence-electron chi connectivity index (χ3n) is 4.49. The second-order valence-electron chi connectivity index (χ2n) is 6.88. The first-order valence-corrected chi connectivity index (χ1v) is 7.29. The van der Waals surface area contributed by atoms with Crippen LogP contribution >= 0.6 is 0 Å². The monoisotopic (exact) mass is 254 g/mol. The van der Waals surface area contributed by atoms with Crippen LogP contribution in [-0.4, -0.2) is 29.9 Å². The lowest BCUT2D eigenvalue weighted by Gasteiger charge is -2.38. The Morgan fingerprint density at radius 2 is 1.78 bits per heavy atom. The van der Waals surface area contributed by atoms with Crippen LogP contribution < -0.4 is 5.73 Å². The molecule has 1 saturated carbocycles. The van der Waals surface area contributed by atoms with Crippen LogP contribution in [0.3, 0.4) is 0 Å². The molecule has 0 spiro atoms. The van der Waals surface area contributed by atoms with E-state index in [0.717, 1.165) is 18.8 Å². The average Bonchev–Trinajstić information content (AvgIpc) is 2.35. The van der Waals surface area contributed by atoms with Gasteiger partial charge in [0.25, 0.3) is 0 Å². The Hall–Kier alpha value is -0.570. The molecule has 0 aromatic rings. The number of hydrogen-bond acceptors (Lipinski definition) is 2. The van der Waals surface area contributed by atoms with Gasteiger partial charge in [-0.05, 0) is 37.0 Å². The van der Waals surface area contributed by atoms with Crippen molar-refractivity contribution in [3.63, 3.8) is 0 Å². The Kier molecular flexibility index (Phi) is 5.20. The molecule has 1 atom stereocenters. The summed E-state index contributed by atoms with van der Waals surface area (Å²) in [6.45, 7) is 8.33. The largest absolute Gasteiger partial charge is 0.341 e. The van der Waals surface area contributed by atoms with E-state index in [4.69, 9.17) is 5.73 Å². The highest BCUT2D eigenvalue weighted by Crippen LogP contribution is 2.30. The van der Waals surface area contributed by atoms with Gasteiger partial charge in [0.1, 0.15) is 0 Å². The number of likely N-dealkylation sites (N-methyl/N-ethyl adjacent to an activating group) is 1. The topological polar surface area (TPSA) is 46.3 Å². The Bertz CT molecular complexity index is 275. The first-order chi connectivity index (χ1) is 8.27. The summed E-state index contributed by atoms with van der Waals surface area (Å²) in [7, 11) is 1.92. The van der Waals surface area contributed by atoms with E-state index in [1.807, 2.05) is 32.7 Å². The van der Waals surface area contributed by atoms with Gasteiger partial charge in [-0.1, -0.05) is 34.1 Å². The van der Waals surface area contributed by atoms with Gasteiger partial charge in [0, 0.05) is 13.1 Å². The second-order valence-corrected chi connectivity index (χ2v) is 6.88. The minimum absolute atomic E-state index is 0.0995. The van der Waals surface area contributed by atoms with Crippen molar-refractivity contribution in [1.82, 2.24) is 4.90 Å². The molecular weight excluding hydrogens is 224 g/mol. The molecule has 3 nitrogen and oxygen atoms in total. The molecule has 0 aromatic heterocycles. The molecule has 0 bridgehead atoms. The first kappa shape index (κ1) is 15.5. The maximum Gasteiger partial charge on any atom is 0.240 e. The highest BCUT2D eigenvalue weighted by atomic mass is 16.2. The lowest BCUT2D eigenvalue weighted by Crippen LogP contribution is -2.52. The van der Waals surface area contributed by atoms with E-state index in [0.29, 0.717) is 6.04 Å². The Morgan fingerprint density at radius 1 is 1.28 bits per heavy atom. The number of rotatable bonds is 3. The normalized spacial score (nSPS) is 26.8. The highest BCUT2D eigenvalue weighted by molar-refractivity contribution is 5.82. The van der Waals surface area contributed by atoms with Crippen molar-refractivity contribution in [3.05, 3.63) is 0 Å². The molecule has 1 fully saturated rings. The van der Waals surface area contributed by atoms with Crippen molar-refractivity contribution in [2.45, 2.75) is 71.9 Å². The summed E-state index contributed by atoms with van der Waals surface area (Å²) in [4.78, 5) is 14.2. The van der Waals surface area contributed by atoms with Gasteiger partial charge in [-0.3, -0.25) is 4.79 Å². The zero-order valence-corrected chi connectivity index (χ0v) is 12.7. The average molecular weight is 254 g/mol. The number of amides is 1. The molecule has 0 aromatic carbocycles. The van der Waals surface area contributed by atoms with Crippen LogP contribution in [0.4, 0.5) is 0 Å². The lowest BCUT2D eigenvalue weighted by molar-refractivity contribution is -0.136. The van der Waals surface area contributed by atoms with E-state index in [9.17, 15) is 4.79 Å². The van der Waals surface area contributed by atoms with Crippen LogP contribution in [0, 0.1) is 11.3 Å². The first-order valence-electron chi connectivity index (χ1n) is 7.29. The molecule has 18 heavy (non-hydrogen) atoms. The predicted octanol–water partition coefficient (Wildman–Crippen LogP) is 2.79. The summed E-state index contributed by atoms with van der Waals surface area (Å²) in [6, 6.07) is 0.0000913. The van der Waals surface area contributed by atoms with Crippen molar-refractivity contribution in [1.29, 1.82) is 0 Å². The highest BCUT2D eigenvalue weighted by Gasteiger charge is 2.33. The number of carbonyl (C=O) groups is 1. The van der Waals surface area contributed by atoms with E-state index >= 15 is 0 Å². The van der Waals surface area contributed by atoms with Crippen molar-refractivity contribution in [2.75, 3.05) is 7.05 Å². The molecule has 3 heteroatoms. The molecule has 0 radical (unpaired) electrons. The van der Waals surface area contributed by atoms with E-state index < -0.39 is 6.04 Å². The van der Waals surface area contributed by atoms with Crippen LogP contribution in [0.1, 0.15) is 59.8 Å². The van der Waals surface area contributed by atoms with Gasteiger partial charge in [0.05, 0.1) is 6.04 Å². The summed E-state index contributed by atoms with van der Waals surface area (Å²) in [5, 5.41) is 0. The smallest absolute Gasteiger partial charge is 0.240 e. The van der Waals surface area contributed by atoms with Gasteiger partial charge in [-0.15, -0.1) is 0 Å². The number of nitrogens with two attached hydrogens (primary N) is 1. The number of carbonyl (C=O) groups excluding carboxylic acids is 1. The van der Waals surface area contributed by atoms with Gasteiger partial charge in [-0.25, -0.2) is 0 Å². The summed E-state index contributed by atoms with van der Waals surface area (Å²) in [5.74, 6) is 0.962. The van der Waals surface area contributed by atoms with Crippen molar-refractivity contribution in [2.24, 2.45) is 17.1 Å². The van der Waals surface area contributed by atoms with Gasteiger partial charge in [-0.2, -0.15) is 0 Å². The van der Waals surface area contributed by atoms with E-state index in [-0.39, 0.29) is 11.3 Å². The summed E-state index contributed by atoms with van der Waals surface area (Å²) in [6.07, 6.45) is 6.05. The van der Waals surface area contributed by atoms with Crippen LogP contribution in [-0.2, 0) is 4.79 Å². The molecule has 1 aliphatic carbocycles. The maximum absolute atomic E-state index is 12.3. The fourth-order valence-electron chi connectivity index (χ4n) is 2.71. The summed E-state index contributed by atoms with van der Waals surface area (Å²) >= 11 is 0. The molecule has 0 saturated heterocycles. The molecule has 1 rings (SSSR count). The molecule has 0 heterocycles. The molecule has 1 amide bonds. The third-order valence-corrected chi connectivity index (χ3v) is 4.49. The van der Waals surface area contributed by atoms with Crippen LogP contribution in [0.5, 0.6) is 0 Å². The van der Waals surface area contributed by atoms with Crippen molar-refractivity contribution >= 4 is 5.91 Å². The zero-order valence-electron chi connectivity index (χ0n) is 12.7. The van der Waals surface area contributed by atoms with E-state index in [1.54, 1.807) is 0 Å². The van der Waals surface area contributed by atoms with E-state index in [1.165, 1.54) is 19.3 Å². The third kappa shape index (κ3) is 3.71. The quantitative estimate of drug-likeness (QED) is 0.842. The fourth-order valence-corrected chi connectivity index (χ4v) is 2.71. The SMILES string of the molecule is CCC1CCC(N(C)C(=O)C(N)C(C)(C)C)CC1.